The third-order valence-corrected chi connectivity index (χ3v) is 5.70. The fourth-order valence-corrected chi connectivity index (χ4v) is 3.78. The van der Waals surface area contributed by atoms with Gasteiger partial charge < -0.3 is 31.2 Å². The fourth-order valence-electron chi connectivity index (χ4n) is 3.60. The van der Waals surface area contributed by atoms with Crippen molar-refractivity contribution in [2.75, 3.05) is 12.3 Å². The van der Waals surface area contributed by atoms with Gasteiger partial charge in [-0.25, -0.2) is 0 Å². The molecule has 3 atom stereocenters. The highest BCUT2D eigenvalue weighted by Gasteiger charge is 2.42. The Hall–Kier alpha value is -3.14. The monoisotopic (exact) mass is 480 g/mol. The SMILES string of the molecule is CC(C)(C)[C@H](NC(=O)c1ccc(N)c(Cl)c1)C(=O)N1CCCC1C(=O)N[C@H](C=O)CC(=O)O. The number of nitrogens with two attached hydrogens (primary N) is 1. The zero-order chi connectivity index (χ0) is 24.9. The van der Waals surface area contributed by atoms with Crippen LogP contribution in [0.4, 0.5) is 5.69 Å². The van der Waals surface area contributed by atoms with Crippen LogP contribution in [0.2, 0.25) is 5.02 Å². The highest BCUT2D eigenvalue weighted by molar-refractivity contribution is 6.33. The number of aldehydes is 1. The topological polar surface area (TPSA) is 159 Å². The molecule has 5 N–H and O–H groups in total. The minimum atomic E-state index is -1.23. The van der Waals surface area contributed by atoms with E-state index in [0.29, 0.717) is 24.8 Å². The largest absolute Gasteiger partial charge is 0.481 e. The van der Waals surface area contributed by atoms with E-state index in [4.69, 9.17) is 22.4 Å². The van der Waals surface area contributed by atoms with E-state index in [9.17, 15) is 24.0 Å². The molecule has 1 aromatic rings. The lowest BCUT2D eigenvalue weighted by atomic mass is 9.85. The van der Waals surface area contributed by atoms with Crippen LogP contribution in [-0.4, -0.2) is 64.7 Å². The Balaban J connectivity index is 2.20. The van der Waals surface area contributed by atoms with Gasteiger partial charge in [-0.3, -0.25) is 19.2 Å². The molecule has 3 amide bonds. The van der Waals surface area contributed by atoms with Gasteiger partial charge in [0.25, 0.3) is 5.91 Å². The second-order valence-corrected chi connectivity index (χ2v) is 9.45. The van der Waals surface area contributed by atoms with Crippen molar-refractivity contribution in [3.63, 3.8) is 0 Å². The van der Waals surface area contributed by atoms with E-state index in [1.165, 1.54) is 23.1 Å². The lowest BCUT2D eigenvalue weighted by Crippen LogP contribution is -2.58. The molecule has 0 spiro atoms. The molecule has 10 nitrogen and oxygen atoms in total. The van der Waals surface area contributed by atoms with Crippen LogP contribution >= 0.6 is 11.6 Å². The third kappa shape index (κ3) is 6.67. The Morgan fingerprint density at radius 2 is 1.94 bits per heavy atom. The number of carbonyl (C=O) groups excluding carboxylic acids is 4. The molecule has 1 aromatic carbocycles. The predicted molar refractivity (Wildman–Crippen MR) is 122 cm³/mol. The number of hydrogen-bond acceptors (Lipinski definition) is 6. The van der Waals surface area contributed by atoms with Crippen molar-refractivity contribution in [1.29, 1.82) is 0 Å². The third-order valence-electron chi connectivity index (χ3n) is 5.38. The maximum atomic E-state index is 13.4. The van der Waals surface area contributed by atoms with E-state index in [1.54, 1.807) is 20.8 Å². The van der Waals surface area contributed by atoms with Gasteiger partial charge in [0.05, 0.1) is 23.2 Å². The van der Waals surface area contributed by atoms with Crippen molar-refractivity contribution >= 4 is 47.3 Å². The van der Waals surface area contributed by atoms with Crippen LogP contribution in [0.1, 0.15) is 50.4 Å². The molecule has 2 rings (SSSR count). The maximum absolute atomic E-state index is 13.4. The minimum Gasteiger partial charge on any atom is -0.481 e. The van der Waals surface area contributed by atoms with E-state index in [2.05, 4.69) is 10.6 Å². The number of nitrogen functional groups attached to an aromatic ring is 1. The number of benzene rings is 1. The van der Waals surface area contributed by atoms with E-state index >= 15 is 0 Å². The van der Waals surface area contributed by atoms with Crippen molar-refractivity contribution < 1.29 is 29.1 Å². The van der Waals surface area contributed by atoms with E-state index in [-0.39, 0.29) is 17.1 Å². The van der Waals surface area contributed by atoms with E-state index in [0.717, 1.165) is 0 Å². The molecule has 0 radical (unpaired) electrons. The van der Waals surface area contributed by atoms with Crippen LogP contribution < -0.4 is 16.4 Å². The Kier molecular flexibility index (Phi) is 8.43. The molecule has 1 aliphatic rings. The van der Waals surface area contributed by atoms with E-state index in [1.807, 2.05) is 0 Å². The second kappa shape index (κ2) is 10.7. The molecule has 0 bridgehead atoms. The second-order valence-electron chi connectivity index (χ2n) is 9.05. The summed E-state index contributed by atoms with van der Waals surface area (Å²) in [5.41, 5.74) is 5.55. The van der Waals surface area contributed by atoms with Gasteiger partial charge in [0, 0.05) is 12.1 Å². The quantitative estimate of drug-likeness (QED) is 0.321. The number of nitrogens with zero attached hydrogens (tertiary/aromatic N) is 1. The summed E-state index contributed by atoms with van der Waals surface area (Å²) < 4.78 is 0. The molecule has 180 valence electrons. The Morgan fingerprint density at radius 3 is 2.48 bits per heavy atom. The molecular weight excluding hydrogens is 452 g/mol. The van der Waals surface area contributed by atoms with Crippen LogP contribution in [0.15, 0.2) is 18.2 Å². The van der Waals surface area contributed by atoms with Crippen LogP contribution in [0.25, 0.3) is 0 Å². The predicted octanol–water partition coefficient (Wildman–Crippen LogP) is 1.22. The van der Waals surface area contributed by atoms with Gasteiger partial charge in [-0.15, -0.1) is 0 Å². The summed E-state index contributed by atoms with van der Waals surface area (Å²) in [6.07, 6.45) is 0.700. The smallest absolute Gasteiger partial charge is 0.305 e. The molecule has 11 heteroatoms. The highest BCUT2D eigenvalue weighted by Crippen LogP contribution is 2.27. The number of amides is 3. The molecule has 1 saturated heterocycles. The highest BCUT2D eigenvalue weighted by atomic mass is 35.5. The molecule has 33 heavy (non-hydrogen) atoms. The van der Waals surface area contributed by atoms with Gasteiger partial charge in [-0.1, -0.05) is 32.4 Å². The first kappa shape index (κ1) is 26.1. The first-order chi connectivity index (χ1) is 15.3. The van der Waals surface area contributed by atoms with Crippen LogP contribution in [-0.2, 0) is 19.2 Å². The lowest BCUT2D eigenvalue weighted by molar-refractivity contribution is -0.143. The normalized spacial score (nSPS) is 17.7. The number of aliphatic carboxylic acids is 1. The van der Waals surface area contributed by atoms with Crippen LogP contribution in [0.3, 0.4) is 0 Å². The summed E-state index contributed by atoms with van der Waals surface area (Å²) in [6.45, 7) is 5.64. The molecule has 0 aromatic heterocycles. The minimum absolute atomic E-state index is 0.212. The van der Waals surface area contributed by atoms with Gasteiger partial charge in [0.2, 0.25) is 11.8 Å². The van der Waals surface area contributed by atoms with Crippen molar-refractivity contribution in [1.82, 2.24) is 15.5 Å². The maximum Gasteiger partial charge on any atom is 0.305 e. The van der Waals surface area contributed by atoms with Gasteiger partial charge >= 0.3 is 5.97 Å². The summed E-state index contributed by atoms with van der Waals surface area (Å²) in [6, 6.07) is 1.37. The number of carbonyl (C=O) groups is 5. The zero-order valence-electron chi connectivity index (χ0n) is 18.8. The van der Waals surface area contributed by atoms with Crippen molar-refractivity contribution in [3.8, 4) is 0 Å². The molecule has 0 aliphatic carbocycles. The van der Waals surface area contributed by atoms with Gasteiger partial charge in [0.1, 0.15) is 18.4 Å². The molecule has 1 fully saturated rings. The first-order valence-corrected chi connectivity index (χ1v) is 10.9. The molecule has 1 aliphatic heterocycles. The van der Waals surface area contributed by atoms with Crippen LogP contribution in [0.5, 0.6) is 0 Å². The average Bonchev–Trinajstić information content (AvgIpc) is 3.21. The Bertz CT molecular complexity index is 945. The Labute approximate surface area is 196 Å². The summed E-state index contributed by atoms with van der Waals surface area (Å²) >= 11 is 6.00. The number of carboxylic acid groups (broad SMARTS) is 1. The number of halogens is 1. The van der Waals surface area contributed by atoms with Crippen molar-refractivity contribution in [2.24, 2.45) is 5.41 Å². The van der Waals surface area contributed by atoms with Gasteiger partial charge in [-0.05, 0) is 36.5 Å². The molecular formula is C22H29ClN4O6. The summed E-state index contributed by atoms with van der Waals surface area (Å²) in [7, 11) is 0. The molecule has 1 unspecified atom stereocenters. The van der Waals surface area contributed by atoms with Crippen LogP contribution in [0, 0.1) is 5.41 Å². The van der Waals surface area contributed by atoms with Crippen molar-refractivity contribution in [3.05, 3.63) is 28.8 Å². The number of hydrogen-bond donors (Lipinski definition) is 4. The molecule has 0 saturated carbocycles. The lowest BCUT2D eigenvalue weighted by Gasteiger charge is -2.35. The summed E-state index contributed by atoms with van der Waals surface area (Å²) in [4.78, 5) is 62.4. The number of nitrogens with one attached hydrogen (secondary N) is 2. The Morgan fingerprint density at radius 1 is 1.27 bits per heavy atom. The zero-order valence-corrected chi connectivity index (χ0v) is 19.5. The van der Waals surface area contributed by atoms with E-state index < -0.39 is 53.7 Å². The standard InChI is InChI=1S/C22H29ClN4O6/c1-22(2,3)18(26-19(31)12-6-7-15(24)14(23)9-12)21(33)27-8-4-5-16(27)20(32)25-13(11-28)10-17(29)30/h6-7,9,11,13,16,18H,4-5,8,10,24H2,1-3H3,(H,25,32)(H,26,31)(H,29,30)/t13-,16?,18+/m0/s1. The first-order valence-electron chi connectivity index (χ1n) is 10.5. The number of anilines is 1. The molecule has 1 heterocycles. The summed E-state index contributed by atoms with van der Waals surface area (Å²) in [5, 5.41) is 14.2. The fraction of sp³-hybridized carbons (Fsp3) is 0.500. The van der Waals surface area contributed by atoms with Crippen molar-refractivity contribution in [2.45, 2.75) is 58.2 Å². The van der Waals surface area contributed by atoms with Gasteiger partial charge in [0.15, 0.2) is 0 Å². The number of likely N-dealkylation sites (tertiary alicyclic amines) is 1. The number of rotatable bonds is 8. The number of carboxylic acids is 1. The summed E-state index contributed by atoms with van der Waals surface area (Å²) in [5.74, 6) is -2.81. The van der Waals surface area contributed by atoms with Gasteiger partial charge in [-0.2, -0.15) is 0 Å². The average molecular weight is 481 g/mol.